The number of hydrogen-bond acceptors (Lipinski definition) is 3. The van der Waals surface area contributed by atoms with Crippen LogP contribution in [0.4, 0.5) is 5.69 Å². The van der Waals surface area contributed by atoms with Gasteiger partial charge < -0.3 is 15.3 Å². The molecule has 0 amide bonds. The highest BCUT2D eigenvalue weighted by atomic mass is 35.5. The lowest BCUT2D eigenvalue weighted by molar-refractivity contribution is 0.248. The molecule has 3 nitrogen and oxygen atoms in total. The third-order valence-corrected chi connectivity index (χ3v) is 3.14. The van der Waals surface area contributed by atoms with Gasteiger partial charge in [-0.05, 0) is 37.2 Å². The quantitative estimate of drug-likeness (QED) is 0.823. The van der Waals surface area contributed by atoms with Crippen molar-refractivity contribution in [2.75, 3.05) is 31.1 Å². The van der Waals surface area contributed by atoms with Crippen LogP contribution in [0.1, 0.15) is 6.42 Å². The molecular weight excluding hydrogens is 224 g/mol. The van der Waals surface area contributed by atoms with E-state index in [1.807, 2.05) is 24.3 Å². The number of benzene rings is 1. The fourth-order valence-corrected chi connectivity index (χ4v) is 2.13. The average Bonchev–Trinajstić information content (AvgIpc) is 2.55. The lowest BCUT2D eigenvalue weighted by Crippen LogP contribution is -2.40. The zero-order valence-corrected chi connectivity index (χ0v) is 9.95. The first kappa shape index (κ1) is 11.7. The Morgan fingerprint density at radius 1 is 1.38 bits per heavy atom. The fraction of sp³-hybridized carbons (Fsp3) is 0.500. The minimum atomic E-state index is 0.165. The van der Waals surface area contributed by atoms with Crippen molar-refractivity contribution in [1.29, 1.82) is 0 Å². The Bertz CT molecular complexity index is 328. The molecule has 0 saturated carbocycles. The summed E-state index contributed by atoms with van der Waals surface area (Å²) >= 11 is 5.87. The third kappa shape index (κ3) is 2.88. The number of aliphatic hydroxyl groups is 1. The van der Waals surface area contributed by atoms with Crippen LogP contribution in [-0.2, 0) is 0 Å². The SMILES string of the molecule is OCC1CN(c2ccc(Cl)cc2)CCCN1. The van der Waals surface area contributed by atoms with Crippen LogP contribution in [0.2, 0.25) is 5.02 Å². The molecule has 0 aromatic heterocycles. The molecule has 1 heterocycles. The van der Waals surface area contributed by atoms with E-state index in [0.717, 1.165) is 31.1 Å². The van der Waals surface area contributed by atoms with Gasteiger partial charge in [-0.15, -0.1) is 0 Å². The van der Waals surface area contributed by atoms with Crippen LogP contribution in [0.3, 0.4) is 0 Å². The molecule has 1 aromatic carbocycles. The molecule has 0 spiro atoms. The van der Waals surface area contributed by atoms with Gasteiger partial charge in [0.25, 0.3) is 0 Å². The number of anilines is 1. The van der Waals surface area contributed by atoms with Crippen molar-refractivity contribution in [2.24, 2.45) is 0 Å². The number of nitrogens with one attached hydrogen (secondary N) is 1. The minimum absolute atomic E-state index is 0.165. The lowest BCUT2D eigenvalue weighted by Gasteiger charge is -2.25. The largest absolute Gasteiger partial charge is 0.395 e. The second-order valence-electron chi connectivity index (χ2n) is 4.11. The Morgan fingerprint density at radius 3 is 2.81 bits per heavy atom. The number of rotatable bonds is 2. The van der Waals surface area contributed by atoms with Crippen LogP contribution in [0.15, 0.2) is 24.3 Å². The Kier molecular flexibility index (Phi) is 4.04. The predicted octanol–water partition coefficient (Wildman–Crippen LogP) is 1.50. The van der Waals surface area contributed by atoms with Gasteiger partial charge in [0.2, 0.25) is 0 Å². The first-order chi connectivity index (χ1) is 7.79. The Labute approximate surface area is 101 Å². The van der Waals surface area contributed by atoms with E-state index >= 15 is 0 Å². The van der Waals surface area contributed by atoms with E-state index in [-0.39, 0.29) is 12.6 Å². The Balaban J connectivity index is 2.09. The van der Waals surface area contributed by atoms with Crippen molar-refractivity contribution in [1.82, 2.24) is 5.32 Å². The van der Waals surface area contributed by atoms with Crippen molar-refractivity contribution in [3.63, 3.8) is 0 Å². The zero-order valence-electron chi connectivity index (χ0n) is 9.19. The summed E-state index contributed by atoms with van der Waals surface area (Å²) in [6, 6.07) is 8.04. The van der Waals surface area contributed by atoms with Crippen molar-refractivity contribution in [2.45, 2.75) is 12.5 Å². The van der Waals surface area contributed by atoms with Gasteiger partial charge in [-0.1, -0.05) is 11.6 Å². The summed E-state index contributed by atoms with van der Waals surface area (Å²) in [7, 11) is 0. The van der Waals surface area contributed by atoms with Gasteiger partial charge in [0.05, 0.1) is 6.61 Å². The Morgan fingerprint density at radius 2 is 2.12 bits per heavy atom. The van der Waals surface area contributed by atoms with Crippen molar-refractivity contribution < 1.29 is 5.11 Å². The van der Waals surface area contributed by atoms with Gasteiger partial charge in [-0.25, -0.2) is 0 Å². The summed E-state index contributed by atoms with van der Waals surface area (Å²) < 4.78 is 0. The molecule has 1 aliphatic heterocycles. The van der Waals surface area contributed by atoms with E-state index in [2.05, 4.69) is 10.2 Å². The van der Waals surface area contributed by atoms with Gasteiger partial charge in [0, 0.05) is 29.8 Å². The van der Waals surface area contributed by atoms with E-state index < -0.39 is 0 Å². The smallest absolute Gasteiger partial charge is 0.0601 e. The van der Waals surface area contributed by atoms with Crippen molar-refractivity contribution in [3.8, 4) is 0 Å². The summed E-state index contributed by atoms with van der Waals surface area (Å²) in [6.45, 7) is 3.02. The Hall–Kier alpha value is -0.770. The predicted molar refractivity (Wildman–Crippen MR) is 67.2 cm³/mol. The van der Waals surface area contributed by atoms with Gasteiger partial charge in [0.1, 0.15) is 0 Å². The summed E-state index contributed by atoms with van der Waals surface area (Å²) in [6.07, 6.45) is 1.10. The zero-order chi connectivity index (χ0) is 11.4. The molecule has 16 heavy (non-hydrogen) atoms. The molecule has 88 valence electrons. The second kappa shape index (κ2) is 5.53. The molecular formula is C12H17ClN2O. The highest BCUT2D eigenvalue weighted by Gasteiger charge is 2.16. The molecule has 1 fully saturated rings. The molecule has 1 aromatic rings. The maximum atomic E-state index is 9.21. The maximum Gasteiger partial charge on any atom is 0.0601 e. The molecule has 0 radical (unpaired) electrons. The van der Waals surface area contributed by atoms with Crippen LogP contribution in [0.25, 0.3) is 0 Å². The van der Waals surface area contributed by atoms with Crippen LogP contribution in [-0.4, -0.2) is 37.4 Å². The normalized spacial score (nSPS) is 21.9. The average molecular weight is 241 g/mol. The van der Waals surface area contributed by atoms with Crippen LogP contribution >= 0.6 is 11.6 Å². The first-order valence-electron chi connectivity index (χ1n) is 5.64. The van der Waals surface area contributed by atoms with Gasteiger partial charge in [-0.2, -0.15) is 0 Å². The standard InChI is InChI=1S/C12H17ClN2O/c13-10-2-4-12(5-3-10)15-7-1-6-14-11(8-15)9-16/h2-5,11,14,16H,1,6-9H2. The van der Waals surface area contributed by atoms with Crippen molar-refractivity contribution in [3.05, 3.63) is 29.3 Å². The minimum Gasteiger partial charge on any atom is -0.395 e. The molecule has 1 aliphatic rings. The van der Waals surface area contributed by atoms with Gasteiger partial charge in [-0.3, -0.25) is 0 Å². The van der Waals surface area contributed by atoms with Crippen LogP contribution in [0.5, 0.6) is 0 Å². The summed E-state index contributed by atoms with van der Waals surface area (Å²) in [5, 5.41) is 13.3. The summed E-state index contributed by atoms with van der Waals surface area (Å²) in [5.74, 6) is 0. The van der Waals surface area contributed by atoms with E-state index in [4.69, 9.17) is 11.6 Å². The molecule has 1 saturated heterocycles. The summed E-state index contributed by atoms with van der Waals surface area (Å²) in [5.41, 5.74) is 1.17. The number of hydrogen-bond donors (Lipinski definition) is 2. The van der Waals surface area contributed by atoms with Gasteiger partial charge >= 0.3 is 0 Å². The second-order valence-corrected chi connectivity index (χ2v) is 4.55. The molecule has 1 unspecified atom stereocenters. The van der Waals surface area contributed by atoms with Crippen LogP contribution in [0, 0.1) is 0 Å². The number of halogens is 1. The third-order valence-electron chi connectivity index (χ3n) is 2.89. The highest BCUT2D eigenvalue weighted by Crippen LogP contribution is 2.19. The molecule has 4 heteroatoms. The van der Waals surface area contributed by atoms with E-state index in [9.17, 15) is 5.11 Å². The molecule has 2 rings (SSSR count). The number of aliphatic hydroxyl groups excluding tert-OH is 1. The lowest BCUT2D eigenvalue weighted by atomic mass is 10.2. The monoisotopic (exact) mass is 240 g/mol. The number of nitrogens with zero attached hydrogens (tertiary/aromatic N) is 1. The van der Waals surface area contributed by atoms with Crippen molar-refractivity contribution >= 4 is 17.3 Å². The maximum absolute atomic E-state index is 9.21. The van der Waals surface area contributed by atoms with E-state index in [1.54, 1.807) is 0 Å². The molecule has 0 aliphatic carbocycles. The van der Waals surface area contributed by atoms with Crippen LogP contribution < -0.4 is 10.2 Å². The molecule has 0 bridgehead atoms. The topological polar surface area (TPSA) is 35.5 Å². The fourth-order valence-electron chi connectivity index (χ4n) is 2.01. The van der Waals surface area contributed by atoms with Gasteiger partial charge in [0.15, 0.2) is 0 Å². The highest BCUT2D eigenvalue weighted by molar-refractivity contribution is 6.30. The van der Waals surface area contributed by atoms with E-state index in [0.29, 0.717) is 0 Å². The summed E-state index contributed by atoms with van der Waals surface area (Å²) in [4.78, 5) is 2.29. The molecule has 2 N–H and O–H groups in total. The van der Waals surface area contributed by atoms with E-state index in [1.165, 1.54) is 5.69 Å². The first-order valence-corrected chi connectivity index (χ1v) is 6.02. The molecule has 1 atom stereocenters.